The molecule has 1 aromatic carbocycles. The van der Waals surface area contributed by atoms with Gasteiger partial charge in [-0.2, -0.15) is 5.10 Å². The van der Waals surface area contributed by atoms with Gasteiger partial charge in [-0.1, -0.05) is 23.7 Å². The molecule has 0 radical (unpaired) electrons. The fraction of sp³-hybridized carbons (Fsp3) is 0.333. The molecule has 10 heteroatoms. The van der Waals surface area contributed by atoms with Gasteiger partial charge in [-0.25, -0.2) is 19.6 Å². The Morgan fingerprint density at radius 1 is 1.15 bits per heavy atom. The number of anilines is 3. The highest BCUT2D eigenvalue weighted by atomic mass is 35.5. The molecule has 1 aliphatic heterocycles. The Morgan fingerprint density at radius 3 is 2.62 bits per heavy atom. The van der Waals surface area contributed by atoms with Crippen molar-refractivity contribution in [3.8, 4) is 5.75 Å². The van der Waals surface area contributed by atoms with E-state index in [2.05, 4.69) is 22.1 Å². The summed E-state index contributed by atoms with van der Waals surface area (Å²) in [7, 11) is 1.66. The Balaban J connectivity index is 1.52. The van der Waals surface area contributed by atoms with Crippen LogP contribution in [0, 0.1) is 0 Å². The third-order valence-corrected chi connectivity index (χ3v) is 6.47. The number of nitrogens with two attached hydrogens (primary N) is 1. The van der Waals surface area contributed by atoms with E-state index in [9.17, 15) is 0 Å². The van der Waals surface area contributed by atoms with Crippen molar-refractivity contribution in [1.82, 2.24) is 24.7 Å². The highest BCUT2D eigenvalue weighted by molar-refractivity contribution is 6.32. The van der Waals surface area contributed by atoms with Gasteiger partial charge in [0.25, 0.3) is 0 Å². The summed E-state index contributed by atoms with van der Waals surface area (Å²) in [6, 6.07) is 11.6. The highest BCUT2D eigenvalue weighted by Gasteiger charge is 2.27. The Labute approximate surface area is 202 Å². The summed E-state index contributed by atoms with van der Waals surface area (Å²) in [6.07, 6.45) is 5.26. The average Bonchev–Trinajstić information content (AvgIpc) is 3.17. The number of hydrogen-bond donors (Lipinski definition) is 2. The molecule has 34 heavy (non-hydrogen) atoms. The first-order chi connectivity index (χ1) is 16.4. The van der Waals surface area contributed by atoms with Crippen molar-refractivity contribution in [2.45, 2.75) is 31.8 Å². The Hall–Kier alpha value is -3.43. The van der Waals surface area contributed by atoms with Crippen LogP contribution in [-0.4, -0.2) is 50.5 Å². The molecule has 0 saturated carbocycles. The zero-order valence-corrected chi connectivity index (χ0v) is 20.0. The van der Waals surface area contributed by atoms with Crippen molar-refractivity contribution in [2.24, 2.45) is 5.73 Å². The van der Waals surface area contributed by atoms with Crippen molar-refractivity contribution >= 4 is 40.1 Å². The van der Waals surface area contributed by atoms with Crippen LogP contribution in [0.15, 0.2) is 48.8 Å². The molecule has 1 fully saturated rings. The third kappa shape index (κ3) is 4.62. The lowest BCUT2D eigenvalue weighted by atomic mass is 9.91. The molecule has 1 aliphatic rings. The number of fused-ring (bicyclic) bond motifs is 1. The fourth-order valence-electron chi connectivity index (χ4n) is 4.04. The largest absolute Gasteiger partial charge is 0.497 e. The number of aromatic nitrogens is 5. The number of pyridine rings is 1. The third-order valence-electron chi connectivity index (χ3n) is 6.16. The van der Waals surface area contributed by atoms with E-state index in [-0.39, 0.29) is 5.54 Å². The van der Waals surface area contributed by atoms with E-state index in [0.29, 0.717) is 34.4 Å². The molecule has 0 aliphatic carbocycles. The molecule has 0 amide bonds. The van der Waals surface area contributed by atoms with E-state index in [4.69, 9.17) is 37.1 Å². The fourth-order valence-corrected chi connectivity index (χ4v) is 4.20. The van der Waals surface area contributed by atoms with Crippen LogP contribution in [0.5, 0.6) is 5.75 Å². The minimum Gasteiger partial charge on any atom is -0.497 e. The maximum absolute atomic E-state index is 6.32. The number of hydrogen-bond acceptors (Lipinski definition) is 8. The maximum atomic E-state index is 6.32. The molecule has 0 spiro atoms. The van der Waals surface area contributed by atoms with Gasteiger partial charge in [0.15, 0.2) is 22.1 Å². The molecule has 0 unspecified atom stereocenters. The van der Waals surface area contributed by atoms with E-state index in [1.165, 1.54) is 0 Å². The SMILES string of the molecule is COc1ccc(Cn2nc(Nc3cccnc3Cl)c3ncc(N4CCC(C)(N)CC4)nc32)cc1. The summed E-state index contributed by atoms with van der Waals surface area (Å²) >= 11 is 6.27. The van der Waals surface area contributed by atoms with Crippen LogP contribution < -0.4 is 20.7 Å². The minimum atomic E-state index is -0.135. The minimum absolute atomic E-state index is 0.135. The highest BCUT2D eigenvalue weighted by Crippen LogP contribution is 2.29. The van der Waals surface area contributed by atoms with Gasteiger partial charge >= 0.3 is 0 Å². The van der Waals surface area contributed by atoms with Gasteiger partial charge in [0.05, 0.1) is 25.5 Å². The monoisotopic (exact) mass is 478 g/mol. The zero-order valence-electron chi connectivity index (χ0n) is 19.2. The zero-order chi connectivity index (χ0) is 23.7. The van der Waals surface area contributed by atoms with Crippen LogP contribution in [0.25, 0.3) is 11.2 Å². The standard InChI is InChI=1S/C24H27ClN8O/c1-24(26)9-12-32(13-10-24)19-14-28-20-22(29-18-4-3-11-27-21(18)25)31-33(23(20)30-19)15-16-5-7-17(34-2)8-6-16/h3-8,11,14H,9-10,12-13,15,26H2,1-2H3,(H,29,31). The summed E-state index contributed by atoms with van der Waals surface area (Å²) in [5, 5.41) is 8.43. The van der Waals surface area contributed by atoms with Gasteiger partial charge in [-0.15, -0.1) is 0 Å². The topological polar surface area (TPSA) is 107 Å². The summed E-state index contributed by atoms with van der Waals surface area (Å²) in [6.45, 7) is 4.32. The number of rotatable bonds is 6. The predicted octanol–water partition coefficient (Wildman–Crippen LogP) is 3.99. The summed E-state index contributed by atoms with van der Waals surface area (Å²) in [4.78, 5) is 16.1. The van der Waals surface area contributed by atoms with Gasteiger partial charge in [-0.3, -0.25) is 0 Å². The molecule has 3 N–H and O–H groups in total. The predicted molar refractivity (Wildman–Crippen MR) is 134 cm³/mol. The van der Waals surface area contributed by atoms with Crippen LogP contribution in [-0.2, 0) is 6.54 Å². The molecule has 5 rings (SSSR count). The van der Waals surface area contributed by atoms with Crippen LogP contribution in [0.1, 0.15) is 25.3 Å². The Kier molecular flexibility index (Phi) is 5.97. The number of benzene rings is 1. The van der Waals surface area contributed by atoms with Gasteiger partial charge in [0.2, 0.25) is 0 Å². The van der Waals surface area contributed by atoms with E-state index in [1.54, 1.807) is 19.5 Å². The van der Waals surface area contributed by atoms with E-state index in [0.717, 1.165) is 43.1 Å². The molecule has 9 nitrogen and oxygen atoms in total. The molecule has 4 aromatic rings. The maximum Gasteiger partial charge on any atom is 0.181 e. The lowest BCUT2D eigenvalue weighted by Gasteiger charge is -2.37. The molecule has 0 atom stereocenters. The van der Waals surface area contributed by atoms with Crippen molar-refractivity contribution in [1.29, 1.82) is 0 Å². The lowest BCUT2D eigenvalue weighted by molar-refractivity contribution is 0.363. The Morgan fingerprint density at radius 2 is 1.91 bits per heavy atom. The van der Waals surface area contributed by atoms with Gasteiger partial charge < -0.3 is 20.7 Å². The summed E-state index contributed by atoms with van der Waals surface area (Å²) in [5.41, 5.74) is 9.27. The molecular weight excluding hydrogens is 452 g/mol. The van der Waals surface area contributed by atoms with Crippen molar-refractivity contribution in [2.75, 3.05) is 30.4 Å². The van der Waals surface area contributed by atoms with Crippen molar-refractivity contribution in [3.05, 3.63) is 59.5 Å². The number of halogens is 1. The second-order valence-electron chi connectivity index (χ2n) is 8.86. The van der Waals surface area contributed by atoms with Crippen LogP contribution in [0.4, 0.5) is 17.3 Å². The summed E-state index contributed by atoms with van der Waals surface area (Å²) in [5.74, 6) is 2.21. The first-order valence-corrected chi connectivity index (χ1v) is 11.6. The van der Waals surface area contributed by atoms with Crippen LogP contribution >= 0.6 is 11.6 Å². The number of nitrogens with zero attached hydrogens (tertiary/aromatic N) is 6. The number of ether oxygens (including phenoxy) is 1. The van der Waals surface area contributed by atoms with Crippen LogP contribution in [0.3, 0.4) is 0 Å². The first-order valence-electron chi connectivity index (χ1n) is 11.2. The first kappa shape index (κ1) is 22.4. The van der Waals surface area contributed by atoms with Gasteiger partial charge in [-0.05, 0) is 49.6 Å². The quantitative estimate of drug-likeness (QED) is 0.400. The number of piperidine rings is 1. The van der Waals surface area contributed by atoms with E-state index >= 15 is 0 Å². The summed E-state index contributed by atoms with van der Waals surface area (Å²) < 4.78 is 7.14. The molecular formula is C24H27ClN8O. The van der Waals surface area contributed by atoms with Crippen LogP contribution in [0.2, 0.25) is 5.15 Å². The number of nitrogens with one attached hydrogen (secondary N) is 1. The van der Waals surface area contributed by atoms with Crippen molar-refractivity contribution < 1.29 is 4.74 Å². The second kappa shape index (κ2) is 9.08. The molecule has 3 aromatic heterocycles. The molecule has 176 valence electrons. The molecule has 1 saturated heterocycles. The van der Waals surface area contributed by atoms with Gasteiger partial charge in [0, 0.05) is 24.8 Å². The Bertz CT molecular complexity index is 1290. The van der Waals surface area contributed by atoms with Crippen molar-refractivity contribution in [3.63, 3.8) is 0 Å². The average molecular weight is 479 g/mol. The van der Waals surface area contributed by atoms with E-state index in [1.807, 2.05) is 41.1 Å². The molecule has 0 bridgehead atoms. The second-order valence-corrected chi connectivity index (χ2v) is 9.22. The van der Waals surface area contributed by atoms with Gasteiger partial charge in [0.1, 0.15) is 11.6 Å². The normalized spacial score (nSPS) is 15.5. The molecule has 4 heterocycles. The van der Waals surface area contributed by atoms with E-state index < -0.39 is 0 Å². The lowest BCUT2D eigenvalue weighted by Crippen LogP contribution is -2.48. The smallest absolute Gasteiger partial charge is 0.181 e. The number of methoxy groups -OCH3 is 1.